The van der Waals surface area contributed by atoms with Crippen molar-refractivity contribution in [2.24, 2.45) is 0 Å². The van der Waals surface area contributed by atoms with Crippen LogP contribution in [0.1, 0.15) is 32.1 Å². The molecule has 1 atom stereocenters. The van der Waals surface area contributed by atoms with Crippen LogP contribution in [0.3, 0.4) is 0 Å². The van der Waals surface area contributed by atoms with E-state index in [1.807, 2.05) is 4.90 Å². The van der Waals surface area contributed by atoms with Crippen LogP contribution in [0, 0.1) is 0 Å². The Morgan fingerprint density at radius 2 is 1.79 bits per heavy atom. The fraction of sp³-hybridized carbons (Fsp3) is 0.667. The number of nitrogens with zero attached hydrogens (tertiary/aromatic N) is 2. The summed E-state index contributed by atoms with van der Waals surface area (Å²) in [5.41, 5.74) is 0. The minimum absolute atomic E-state index is 0.235. The number of carbonyl (C=O) groups is 1. The Hall–Kier alpha value is -2.15. The van der Waals surface area contributed by atoms with Crippen molar-refractivity contribution in [3.63, 3.8) is 0 Å². The van der Waals surface area contributed by atoms with Gasteiger partial charge in [-0.15, -0.1) is 0 Å². The first kappa shape index (κ1) is 20.6. The van der Waals surface area contributed by atoms with Crippen molar-refractivity contribution in [1.82, 2.24) is 9.80 Å². The van der Waals surface area contributed by atoms with Gasteiger partial charge < -0.3 is 23.8 Å². The number of benzene rings is 1. The van der Waals surface area contributed by atoms with Crippen molar-refractivity contribution < 1.29 is 23.7 Å². The highest BCUT2D eigenvalue weighted by Crippen LogP contribution is 2.40. The highest BCUT2D eigenvalue weighted by Gasteiger charge is 2.30. The van der Waals surface area contributed by atoms with E-state index in [-0.39, 0.29) is 5.91 Å². The van der Waals surface area contributed by atoms with Crippen molar-refractivity contribution in [2.75, 3.05) is 54.1 Å². The monoisotopic (exact) mass is 392 g/mol. The maximum atomic E-state index is 12.6. The smallest absolute Gasteiger partial charge is 0.222 e. The summed E-state index contributed by atoms with van der Waals surface area (Å²) in [5.74, 6) is 2.52. The third kappa shape index (κ3) is 4.82. The van der Waals surface area contributed by atoms with E-state index >= 15 is 0 Å². The maximum absolute atomic E-state index is 12.6. The molecule has 1 unspecified atom stereocenters. The second-order valence-electron chi connectivity index (χ2n) is 7.34. The lowest BCUT2D eigenvalue weighted by Crippen LogP contribution is -2.56. The molecule has 2 aliphatic rings. The molecule has 1 amide bonds. The second-order valence-corrected chi connectivity index (χ2v) is 7.34. The normalized spacial score (nSPS) is 19.7. The van der Waals surface area contributed by atoms with Gasteiger partial charge in [0.25, 0.3) is 0 Å². The molecule has 156 valence electrons. The Morgan fingerprint density at radius 3 is 2.46 bits per heavy atom. The fourth-order valence-corrected chi connectivity index (χ4v) is 4.09. The van der Waals surface area contributed by atoms with Crippen molar-refractivity contribution in [1.29, 1.82) is 0 Å². The van der Waals surface area contributed by atoms with E-state index in [9.17, 15) is 4.79 Å². The second kappa shape index (κ2) is 9.87. The molecule has 0 saturated carbocycles. The molecule has 28 heavy (non-hydrogen) atoms. The molecule has 0 radical (unpaired) electrons. The van der Waals surface area contributed by atoms with Crippen LogP contribution in [0.25, 0.3) is 0 Å². The summed E-state index contributed by atoms with van der Waals surface area (Å²) in [6, 6.07) is 4.10. The molecule has 7 nitrogen and oxygen atoms in total. The lowest BCUT2D eigenvalue weighted by Gasteiger charge is -2.44. The molecule has 1 aromatic rings. The molecular formula is C21H32N2O5. The lowest BCUT2D eigenvalue weighted by atomic mass is 9.99. The summed E-state index contributed by atoms with van der Waals surface area (Å²) in [4.78, 5) is 17.1. The molecule has 0 aromatic heterocycles. The van der Waals surface area contributed by atoms with Crippen LogP contribution in [0.4, 0.5) is 0 Å². The lowest BCUT2D eigenvalue weighted by molar-refractivity contribution is -0.135. The van der Waals surface area contributed by atoms with E-state index in [0.717, 1.165) is 19.6 Å². The van der Waals surface area contributed by atoms with E-state index in [0.29, 0.717) is 48.5 Å². The number of amides is 1. The van der Waals surface area contributed by atoms with Gasteiger partial charge in [-0.2, -0.15) is 0 Å². The van der Waals surface area contributed by atoms with E-state index in [4.69, 9.17) is 18.9 Å². The third-order valence-corrected chi connectivity index (χ3v) is 5.63. The number of hydrogen-bond acceptors (Lipinski definition) is 6. The van der Waals surface area contributed by atoms with Gasteiger partial charge in [-0.1, -0.05) is 6.42 Å². The Labute approximate surface area is 167 Å². The third-order valence-electron chi connectivity index (χ3n) is 5.63. The molecule has 2 aliphatic heterocycles. The average Bonchev–Trinajstić information content (AvgIpc) is 2.75. The minimum Gasteiger partial charge on any atom is -0.493 e. The maximum Gasteiger partial charge on any atom is 0.222 e. The Kier molecular flexibility index (Phi) is 7.25. The molecule has 2 saturated heterocycles. The van der Waals surface area contributed by atoms with E-state index in [1.54, 1.807) is 33.5 Å². The summed E-state index contributed by atoms with van der Waals surface area (Å²) in [6.45, 7) is 4.40. The van der Waals surface area contributed by atoms with Gasteiger partial charge in [0.2, 0.25) is 11.7 Å². The predicted octanol–water partition coefficient (Wildman–Crippen LogP) is 2.57. The molecule has 2 heterocycles. The van der Waals surface area contributed by atoms with Gasteiger partial charge in [0.1, 0.15) is 5.75 Å². The van der Waals surface area contributed by atoms with Gasteiger partial charge in [0.15, 0.2) is 11.5 Å². The first-order valence-corrected chi connectivity index (χ1v) is 10.1. The molecule has 3 rings (SSSR count). The van der Waals surface area contributed by atoms with Gasteiger partial charge in [-0.05, 0) is 25.8 Å². The summed E-state index contributed by atoms with van der Waals surface area (Å²) < 4.78 is 21.8. The molecule has 1 aromatic carbocycles. The van der Waals surface area contributed by atoms with Crippen LogP contribution < -0.4 is 18.9 Å². The molecule has 7 heteroatoms. The number of fused-ring (bicyclic) bond motifs is 1. The topological polar surface area (TPSA) is 60.5 Å². The molecule has 0 aliphatic carbocycles. The van der Waals surface area contributed by atoms with Crippen LogP contribution in [0.15, 0.2) is 12.1 Å². The van der Waals surface area contributed by atoms with Crippen LogP contribution in [0.5, 0.6) is 23.0 Å². The van der Waals surface area contributed by atoms with Crippen LogP contribution in [-0.2, 0) is 4.79 Å². The first-order chi connectivity index (χ1) is 13.7. The Balaban J connectivity index is 1.46. The van der Waals surface area contributed by atoms with Crippen LogP contribution in [-0.4, -0.2) is 75.9 Å². The number of piperidine rings is 1. The van der Waals surface area contributed by atoms with E-state index < -0.39 is 0 Å². The van der Waals surface area contributed by atoms with Gasteiger partial charge >= 0.3 is 0 Å². The number of carbonyl (C=O) groups excluding carboxylic acids is 1. The average molecular weight is 392 g/mol. The number of hydrogen-bond donors (Lipinski definition) is 0. The number of methoxy groups -OCH3 is 3. The standard InChI is InChI=1S/C21H32N2O5/c1-25-18-13-17(14-19(26-2)21(18)27-3)28-12-6-8-20(24)23-11-10-22-9-5-4-7-16(22)15-23/h13-14,16H,4-12,15H2,1-3H3. The van der Waals surface area contributed by atoms with Gasteiger partial charge in [-0.25, -0.2) is 0 Å². The largest absolute Gasteiger partial charge is 0.493 e. The molecular weight excluding hydrogens is 360 g/mol. The quantitative estimate of drug-likeness (QED) is 0.634. The Bertz CT molecular complexity index is 641. The van der Waals surface area contributed by atoms with Crippen molar-refractivity contribution >= 4 is 5.91 Å². The fourth-order valence-electron chi connectivity index (χ4n) is 4.09. The molecule has 0 bridgehead atoms. The van der Waals surface area contributed by atoms with E-state index in [2.05, 4.69) is 4.90 Å². The van der Waals surface area contributed by atoms with Crippen molar-refractivity contribution in [3.05, 3.63) is 12.1 Å². The zero-order valence-electron chi connectivity index (χ0n) is 17.2. The van der Waals surface area contributed by atoms with Crippen molar-refractivity contribution in [2.45, 2.75) is 38.1 Å². The first-order valence-electron chi connectivity index (χ1n) is 10.1. The molecule has 2 fully saturated rings. The Morgan fingerprint density at radius 1 is 1.04 bits per heavy atom. The summed E-state index contributed by atoms with van der Waals surface area (Å²) in [5, 5.41) is 0. The number of piperazine rings is 1. The summed E-state index contributed by atoms with van der Waals surface area (Å²) >= 11 is 0. The van der Waals surface area contributed by atoms with Crippen LogP contribution >= 0.6 is 0 Å². The minimum atomic E-state index is 0.235. The van der Waals surface area contributed by atoms with Gasteiger partial charge in [-0.3, -0.25) is 9.69 Å². The zero-order chi connectivity index (χ0) is 19.9. The number of ether oxygens (including phenoxy) is 4. The van der Waals surface area contributed by atoms with Gasteiger partial charge in [0.05, 0.1) is 27.9 Å². The highest BCUT2D eigenvalue weighted by atomic mass is 16.5. The summed E-state index contributed by atoms with van der Waals surface area (Å²) in [6.07, 6.45) is 4.99. The van der Waals surface area contributed by atoms with Crippen LogP contribution in [0.2, 0.25) is 0 Å². The molecule has 0 spiro atoms. The van der Waals surface area contributed by atoms with Crippen molar-refractivity contribution in [3.8, 4) is 23.0 Å². The highest BCUT2D eigenvalue weighted by molar-refractivity contribution is 5.76. The van der Waals surface area contributed by atoms with E-state index in [1.165, 1.54) is 25.8 Å². The SMILES string of the molecule is COc1cc(OCCCC(=O)N2CCN3CCCCC3C2)cc(OC)c1OC. The summed E-state index contributed by atoms with van der Waals surface area (Å²) in [7, 11) is 4.72. The zero-order valence-corrected chi connectivity index (χ0v) is 17.2. The predicted molar refractivity (Wildman–Crippen MR) is 107 cm³/mol. The number of rotatable bonds is 8. The van der Waals surface area contributed by atoms with Gasteiger partial charge in [0, 0.05) is 44.2 Å². The molecule has 0 N–H and O–H groups in total.